The normalized spacial score (nSPS) is 10.6. The Morgan fingerprint density at radius 1 is 0.778 bits per heavy atom. The van der Waals surface area contributed by atoms with E-state index in [9.17, 15) is 4.79 Å². The summed E-state index contributed by atoms with van der Waals surface area (Å²) >= 11 is 0. The minimum Gasteiger partial charge on any atom is -0.490 e. The minimum absolute atomic E-state index is 0.00300. The van der Waals surface area contributed by atoms with Gasteiger partial charge in [0.25, 0.3) is 0 Å². The molecule has 0 bridgehead atoms. The Bertz CT molecular complexity index is 785. The third-order valence-electron chi connectivity index (χ3n) is 4.28. The number of carbonyl (C=O) groups excluding carboxylic acids is 1. The molecule has 0 aliphatic rings. The van der Waals surface area contributed by atoms with Crippen LogP contribution in [0.15, 0.2) is 84.9 Å². The van der Waals surface area contributed by atoms with Gasteiger partial charge in [0, 0.05) is 12.8 Å². The van der Waals surface area contributed by atoms with Gasteiger partial charge in [0.05, 0.1) is 12.2 Å². The van der Waals surface area contributed by atoms with Crippen LogP contribution in [0.2, 0.25) is 0 Å². The van der Waals surface area contributed by atoms with Crippen molar-refractivity contribution < 1.29 is 14.3 Å². The summed E-state index contributed by atoms with van der Waals surface area (Å²) in [4.78, 5) is 11.8. The monoisotopic (exact) mass is 360 g/mol. The van der Waals surface area contributed by atoms with Gasteiger partial charge in [-0.25, -0.2) is 4.79 Å². The van der Waals surface area contributed by atoms with Gasteiger partial charge < -0.3 is 9.47 Å². The first-order valence-corrected chi connectivity index (χ1v) is 9.26. The molecule has 0 aliphatic carbocycles. The van der Waals surface area contributed by atoms with E-state index in [4.69, 9.17) is 9.47 Å². The van der Waals surface area contributed by atoms with Crippen molar-refractivity contribution in [1.82, 2.24) is 0 Å². The molecule has 0 unspecified atom stereocenters. The van der Waals surface area contributed by atoms with Crippen molar-refractivity contribution in [2.75, 3.05) is 6.61 Å². The van der Waals surface area contributed by atoms with E-state index in [0.717, 1.165) is 18.6 Å². The van der Waals surface area contributed by atoms with Gasteiger partial charge in [-0.15, -0.1) is 0 Å². The molecular formula is C24H24O3. The summed E-state index contributed by atoms with van der Waals surface area (Å²) in [6.45, 7) is 2.17. The van der Waals surface area contributed by atoms with E-state index < -0.39 is 0 Å². The van der Waals surface area contributed by atoms with Crippen molar-refractivity contribution in [3.63, 3.8) is 0 Å². The quantitative estimate of drug-likeness (QED) is 0.525. The second kappa shape index (κ2) is 9.58. The lowest BCUT2D eigenvalue weighted by atomic mass is 10.0. The smallest absolute Gasteiger partial charge is 0.338 e. The molecule has 0 heterocycles. The Morgan fingerprint density at radius 3 is 1.78 bits per heavy atom. The van der Waals surface area contributed by atoms with Crippen molar-refractivity contribution in [3.05, 3.63) is 102 Å². The average molecular weight is 360 g/mol. The summed E-state index contributed by atoms with van der Waals surface area (Å²) in [5, 5.41) is 0. The first-order chi connectivity index (χ1) is 13.2. The van der Waals surface area contributed by atoms with Gasteiger partial charge in [-0.3, -0.25) is 0 Å². The lowest BCUT2D eigenvalue weighted by Gasteiger charge is -2.20. The fourth-order valence-corrected chi connectivity index (χ4v) is 2.99. The predicted molar refractivity (Wildman–Crippen MR) is 107 cm³/mol. The number of hydrogen-bond donors (Lipinski definition) is 0. The van der Waals surface area contributed by atoms with Crippen molar-refractivity contribution in [1.29, 1.82) is 0 Å². The summed E-state index contributed by atoms with van der Waals surface area (Å²) in [6, 6.07) is 27.8. The molecule has 3 rings (SSSR count). The van der Waals surface area contributed by atoms with Crippen LogP contribution in [-0.4, -0.2) is 18.7 Å². The van der Waals surface area contributed by atoms with E-state index in [1.165, 1.54) is 11.1 Å². The van der Waals surface area contributed by atoms with Crippen LogP contribution in [0.1, 0.15) is 28.4 Å². The second-order valence-corrected chi connectivity index (χ2v) is 6.36. The molecule has 0 amide bonds. The van der Waals surface area contributed by atoms with Crippen LogP contribution in [0.3, 0.4) is 0 Å². The molecule has 3 nitrogen and oxygen atoms in total. The molecule has 138 valence electrons. The maximum absolute atomic E-state index is 11.8. The zero-order valence-electron chi connectivity index (χ0n) is 15.5. The molecule has 0 radical (unpaired) electrons. The summed E-state index contributed by atoms with van der Waals surface area (Å²) in [5.74, 6) is 0.439. The van der Waals surface area contributed by atoms with Crippen LogP contribution in [-0.2, 0) is 17.6 Å². The highest BCUT2D eigenvalue weighted by Crippen LogP contribution is 2.19. The Kier molecular flexibility index (Phi) is 6.64. The van der Waals surface area contributed by atoms with Crippen LogP contribution in [0.25, 0.3) is 0 Å². The highest BCUT2D eigenvalue weighted by molar-refractivity contribution is 5.89. The fraction of sp³-hybridized carbons (Fsp3) is 0.208. The van der Waals surface area contributed by atoms with Gasteiger partial charge >= 0.3 is 5.97 Å². The van der Waals surface area contributed by atoms with Gasteiger partial charge in [0.15, 0.2) is 0 Å². The largest absolute Gasteiger partial charge is 0.490 e. The molecular weight excluding hydrogens is 336 g/mol. The maximum atomic E-state index is 11.8. The summed E-state index contributed by atoms with van der Waals surface area (Å²) in [6.07, 6.45) is 1.63. The van der Waals surface area contributed by atoms with E-state index in [1.54, 1.807) is 19.1 Å². The highest BCUT2D eigenvalue weighted by atomic mass is 16.5. The highest BCUT2D eigenvalue weighted by Gasteiger charge is 2.14. The molecule has 0 saturated carbocycles. The van der Waals surface area contributed by atoms with E-state index in [-0.39, 0.29) is 12.1 Å². The fourth-order valence-electron chi connectivity index (χ4n) is 2.99. The van der Waals surface area contributed by atoms with E-state index in [2.05, 4.69) is 24.3 Å². The Hall–Kier alpha value is -3.07. The molecule has 27 heavy (non-hydrogen) atoms. The van der Waals surface area contributed by atoms with Crippen LogP contribution in [0, 0.1) is 0 Å². The summed E-state index contributed by atoms with van der Waals surface area (Å²) < 4.78 is 11.3. The van der Waals surface area contributed by atoms with E-state index in [0.29, 0.717) is 12.2 Å². The van der Waals surface area contributed by atoms with Crippen molar-refractivity contribution >= 4 is 5.97 Å². The van der Waals surface area contributed by atoms with Crippen LogP contribution < -0.4 is 4.74 Å². The molecule has 0 atom stereocenters. The van der Waals surface area contributed by atoms with Crippen LogP contribution >= 0.6 is 0 Å². The van der Waals surface area contributed by atoms with Crippen molar-refractivity contribution in [2.24, 2.45) is 0 Å². The molecule has 0 aromatic heterocycles. The first-order valence-electron chi connectivity index (χ1n) is 9.26. The van der Waals surface area contributed by atoms with Gasteiger partial charge in [-0.2, -0.15) is 0 Å². The number of esters is 1. The van der Waals surface area contributed by atoms with Gasteiger partial charge in [0.2, 0.25) is 0 Å². The van der Waals surface area contributed by atoms with Crippen LogP contribution in [0.5, 0.6) is 5.75 Å². The molecule has 0 spiro atoms. The SMILES string of the molecule is CCOC(=O)c1ccc(OC(Cc2ccccc2)Cc2ccccc2)cc1. The number of benzene rings is 3. The maximum Gasteiger partial charge on any atom is 0.338 e. The zero-order chi connectivity index (χ0) is 18.9. The Labute approximate surface area is 160 Å². The van der Waals surface area contributed by atoms with Gasteiger partial charge in [-0.1, -0.05) is 60.7 Å². The van der Waals surface area contributed by atoms with E-state index in [1.807, 2.05) is 48.5 Å². The topological polar surface area (TPSA) is 35.5 Å². The second-order valence-electron chi connectivity index (χ2n) is 6.36. The first kappa shape index (κ1) is 18.7. The number of ether oxygens (including phenoxy) is 2. The van der Waals surface area contributed by atoms with Crippen molar-refractivity contribution in [3.8, 4) is 5.75 Å². The Morgan fingerprint density at radius 2 is 1.30 bits per heavy atom. The zero-order valence-corrected chi connectivity index (χ0v) is 15.5. The third kappa shape index (κ3) is 5.71. The molecule has 3 aromatic carbocycles. The number of hydrogen-bond acceptors (Lipinski definition) is 3. The molecule has 0 aliphatic heterocycles. The summed E-state index contributed by atoms with van der Waals surface area (Å²) in [5.41, 5.74) is 3.01. The van der Waals surface area contributed by atoms with Crippen molar-refractivity contribution in [2.45, 2.75) is 25.9 Å². The minimum atomic E-state index is -0.311. The molecule has 0 saturated heterocycles. The molecule has 3 heteroatoms. The summed E-state index contributed by atoms with van der Waals surface area (Å²) in [7, 11) is 0. The molecule has 0 N–H and O–H groups in total. The standard InChI is InChI=1S/C24H24O3/c1-2-26-24(25)21-13-15-22(16-14-21)27-23(17-19-9-5-3-6-10-19)18-20-11-7-4-8-12-20/h3-16,23H,2,17-18H2,1H3. The third-order valence-corrected chi connectivity index (χ3v) is 4.28. The number of carbonyl (C=O) groups is 1. The average Bonchev–Trinajstić information content (AvgIpc) is 2.70. The lowest BCUT2D eigenvalue weighted by molar-refractivity contribution is 0.0526. The lowest BCUT2D eigenvalue weighted by Crippen LogP contribution is -2.22. The van der Waals surface area contributed by atoms with E-state index >= 15 is 0 Å². The predicted octanol–water partition coefficient (Wildman–Crippen LogP) is 5.10. The Balaban J connectivity index is 1.73. The molecule has 3 aromatic rings. The molecule has 0 fully saturated rings. The van der Waals surface area contributed by atoms with Gasteiger partial charge in [0.1, 0.15) is 11.9 Å². The van der Waals surface area contributed by atoms with Crippen LogP contribution in [0.4, 0.5) is 0 Å². The van der Waals surface area contributed by atoms with Gasteiger partial charge in [-0.05, 0) is 42.3 Å². The number of rotatable bonds is 8.